The normalized spacial score (nSPS) is 23.6. The van der Waals surface area contributed by atoms with Gasteiger partial charge in [-0.2, -0.15) is 0 Å². The van der Waals surface area contributed by atoms with E-state index in [2.05, 4.69) is 5.32 Å². The predicted molar refractivity (Wildman–Crippen MR) is 62.4 cm³/mol. The Hall–Kier alpha value is -1.10. The largest absolute Gasteiger partial charge is 0.375 e. The van der Waals surface area contributed by atoms with Gasteiger partial charge in [0.25, 0.3) is 0 Å². The van der Waals surface area contributed by atoms with Crippen LogP contribution in [0.2, 0.25) is 0 Å². The summed E-state index contributed by atoms with van der Waals surface area (Å²) in [4.78, 5) is 24.9. The van der Waals surface area contributed by atoms with E-state index in [1.807, 2.05) is 4.90 Å². The Bertz CT molecular complexity index is 309. The Morgan fingerprint density at radius 2 is 2.12 bits per heavy atom. The van der Waals surface area contributed by atoms with Gasteiger partial charge in [-0.15, -0.1) is 0 Å². The monoisotopic (exact) mass is 240 g/mol. The number of nitrogens with zero attached hydrogens (tertiary/aromatic N) is 1. The molecule has 2 aliphatic rings. The van der Waals surface area contributed by atoms with Crippen LogP contribution in [0.1, 0.15) is 32.1 Å². The Morgan fingerprint density at radius 1 is 1.41 bits per heavy atom. The van der Waals surface area contributed by atoms with Crippen LogP contribution in [0.25, 0.3) is 0 Å². The SMILES string of the molecule is COCC(=O)N1CCC2(CCCC(=O)N2)CC1. The maximum atomic E-state index is 11.6. The first-order valence-electron chi connectivity index (χ1n) is 6.23. The van der Waals surface area contributed by atoms with E-state index in [0.29, 0.717) is 6.42 Å². The highest BCUT2D eigenvalue weighted by Gasteiger charge is 2.38. The zero-order chi connectivity index (χ0) is 12.3. The summed E-state index contributed by atoms with van der Waals surface area (Å²) in [5, 5.41) is 3.12. The maximum absolute atomic E-state index is 11.6. The molecule has 17 heavy (non-hydrogen) atoms. The van der Waals surface area contributed by atoms with Gasteiger partial charge in [-0.25, -0.2) is 0 Å². The smallest absolute Gasteiger partial charge is 0.248 e. The van der Waals surface area contributed by atoms with Gasteiger partial charge >= 0.3 is 0 Å². The highest BCUT2D eigenvalue weighted by Crippen LogP contribution is 2.30. The molecule has 2 amide bonds. The number of nitrogens with one attached hydrogen (secondary N) is 1. The van der Waals surface area contributed by atoms with E-state index in [1.54, 1.807) is 0 Å². The number of hydrogen-bond acceptors (Lipinski definition) is 3. The van der Waals surface area contributed by atoms with E-state index in [0.717, 1.165) is 38.8 Å². The van der Waals surface area contributed by atoms with Crippen LogP contribution in [0.15, 0.2) is 0 Å². The molecule has 0 aromatic heterocycles. The van der Waals surface area contributed by atoms with Crippen LogP contribution in [-0.4, -0.2) is 49.1 Å². The lowest BCUT2D eigenvalue weighted by Gasteiger charge is -2.44. The van der Waals surface area contributed by atoms with E-state index in [9.17, 15) is 9.59 Å². The number of amides is 2. The van der Waals surface area contributed by atoms with E-state index >= 15 is 0 Å². The van der Waals surface area contributed by atoms with Crippen molar-refractivity contribution in [3.63, 3.8) is 0 Å². The summed E-state index contributed by atoms with van der Waals surface area (Å²) in [5.74, 6) is 0.206. The number of rotatable bonds is 2. The van der Waals surface area contributed by atoms with Crippen LogP contribution in [0.5, 0.6) is 0 Å². The molecule has 1 N–H and O–H groups in total. The van der Waals surface area contributed by atoms with Crippen LogP contribution >= 0.6 is 0 Å². The third-order valence-electron chi connectivity index (χ3n) is 3.80. The summed E-state index contributed by atoms with van der Waals surface area (Å²) < 4.78 is 4.85. The fraction of sp³-hybridized carbons (Fsp3) is 0.833. The molecular formula is C12H20N2O3. The minimum Gasteiger partial charge on any atom is -0.375 e. The summed E-state index contributed by atoms with van der Waals surface area (Å²) in [6, 6.07) is 0. The van der Waals surface area contributed by atoms with Gasteiger partial charge in [0.2, 0.25) is 11.8 Å². The molecule has 0 saturated carbocycles. The quantitative estimate of drug-likeness (QED) is 0.755. The summed E-state index contributed by atoms with van der Waals surface area (Å²) in [7, 11) is 1.53. The van der Waals surface area contributed by atoms with Gasteiger partial charge in [0, 0.05) is 32.2 Å². The number of ether oxygens (including phenoxy) is 1. The molecule has 0 unspecified atom stereocenters. The lowest BCUT2D eigenvalue weighted by molar-refractivity contribution is -0.137. The van der Waals surface area contributed by atoms with Gasteiger partial charge < -0.3 is 15.0 Å². The Balaban J connectivity index is 1.88. The second-order valence-electron chi connectivity index (χ2n) is 5.00. The zero-order valence-electron chi connectivity index (χ0n) is 10.3. The third-order valence-corrected chi connectivity index (χ3v) is 3.80. The van der Waals surface area contributed by atoms with Crippen LogP contribution in [-0.2, 0) is 14.3 Å². The van der Waals surface area contributed by atoms with Crippen molar-refractivity contribution in [1.82, 2.24) is 10.2 Å². The molecule has 0 aromatic rings. The molecule has 0 aromatic carbocycles. The third kappa shape index (κ3) is 2.77. The molecule has 2 aliphatic heterocycles. The Morgan fingerprint density at radius 3 is 2.71 bits per heavy atom. The van der Waals surface area contributed by atoms with Gasteiger partial charge in [0.1, 0.15) is 6.61 Å². The molecule has 5 heteroatoms. The van der Waals surface area contributed by atoms with E-state index < -0.39 is 0 Å². The average Bonchev–Trinajstić information content (AvgIpc) is 2.30. The highest BCUT2D eigenvalue weighted by molar-refractivity contribution is 5.79. The van der Waals surface area contributed by atoms with E-state index in [-0.39, 0.29) is 24.0 Å². The van der Waals surface area contributed by atoms with Gasteiger partial charge in [-0.3, -0.25) is 9.59 Å². The second kappa shape index (κ2) is 5.04. The predicted octanol–water partition coefficient (Wildman–Crippen LogP) is 0.294. The molecule has 5 nitrogen and oxygen atoms in total. The van der Waals surface area contributed by atoms with Gasteiger partial charge in [0.05, 0.1) is 0 Å². The summed E-state index contributed by atoms with van der Waals surface area (Å²) in [6.07, 6.45) is 4.40. The van der Waals surface area contributed by atoms with Crippen LogP contribution in [0, 0.1) is 0 Å². The lowest BCUT2D eigenvalue weighted by Crippen LogP contribution is -2.58. The first kappa shape index (κ1) is 12.4. The molecule has 2 fully saturated rings. The first-order chi connectivity index (χ1) is 8.15. The zero-order valence-corrected chi connectivity index (χ0v) is 10.3. The molecule has 1 spiro atoms. The van der Waals surface area contributed by atoms with Gasteiger partial charge in [-0.1, -0.05) is 0 Å². The molecule has 96 valence electrons. The standard InChI is InChI=1S/C12H20N2O3/c1-17-9-11(16)14-7-5-12(6-8-14)4-2-3-10(15)13-12/h2-9H2,1H3,(H,13,15). The summed E-state index contributed by atoms with van der Waals surface area (Å²) >= 11 is 0. The van der Waals surface area contributed by atoms with Crippen molar-refractivity contribution in [3.05, 3.63) is 0 Å². The highest BCUT2D eigenvalue weighted by atomic mass is 16.5. The average molecular weight is 240 g/mol. The molecule has 0 aliphatic carbocycles. The molecular weight excluding hydrogens is 220 g/mol. The number of likely N-dealkylation sites (tertiary alicyclic amines) is 1. The molecule has 0 bridgehead atoms. The van der Waals surface area contributed by atoms with Crippen molar-refractivity contribution in [2.45, 2.75) is 37.6 Å². The summed E-state index contributed by atoms with van der Waals surface area (Å²) in [5.41, 5.74) is -0.0425. The van der Waals surface area contributed by atoms with Crippen molar-refractivity contribution < 1.29 is 14.3 Å². The van der Waals surface area contributed by atoms with Crippen LogP contribution in [0.4, 0.5) is 0 Å². The molecule has 2 rings (SSSR count). The number of carbonyl (C=O) groups is 2. The van der Waals surface area contributed by atoms with E-state index in [1.165, 1.54) is 7.11 Å². The number of hydrogen-bond donors (Lipinski definition) is 1. The number of piperidine rings is 2. The molecule has 0 atom stereocenters. The minimum absolute atomic E-state index is 0.0425. The Kier molecular flexibility index (Phi) is 3.66. The maximum Gasteiger partial charge on any atom is 0.248 e. The molecule has 2 heterocycles. The van der Waals surface area contributed by atoms with E-state index in [4.69, 9.17) is 4.74 Å². The topological polar surface area (TPSA) is 58.6 Å². The van der Waals surface area contributed by atoms with Gasteiger partial charge in [0.15, 0.2) is 0 Å². The number of carbonyl (C=O) groups excluding carboxylic acids is 2. The fourth-order valence-electron chi connectivity index (χ4n) is 2.78. The van der Waals surface area contributed by atoms with Crippen molar-refractivity contribution in [1.29, 1.82) is 0 Å². The van der Waals surface area contributed by atoms with Crippen molar-refractivity contribution in [2.24, 2.45) is 0 Å². The minimum atomic E-state index is -0.0425. The van der Waals surface area contributed by atoms with Crippen molar-refractivity contribution in [2.75, 3.05) is 26.8 Å². The first-order valence-corrected chi connectivity index (χ1v) is 6.23. The Labute approximate surface area is 101 Å². The fourth-order valence-corrected chi connectivity index (χ4v) is 2.78. The number of methoxy groups -OCH3 is 1. The second-order valence-corrected chi connectivity index (χ2v) is 5.00. The summed E-state index contributed by atoms with van der Waals surface area (Å²) in [6.45, 7) is 1.60. The molecule has 0 radical (unpaired) electrons. The van der Waals surface area contributed by atoms with Crippen molar-refractivity contribution >= 4 is 11.8 Å². The van der Waals surface area contributed by atoms with Gasteiger partial charge in [-0.05, 0) is 25.7 Å². The lowest BCUT2D eigenvalue weighted by atomic mass is 9.80. The molecule has 2 saturated heterocycles. The van der Waals surface area contributed by atoms with Crippen LogP contribution < -0.4 is 5.32 Å². The van der Waals surface area contributed by atoms with Crippen molar-refractivity contribution in [3.8, 4) is 0 Å². The van der Waals surface area contributed by atoms with Crippen LogP contribution in [0.3, 0.4) is 0 Å².